The molecule has 18 heavy (non-hydrogen) atoms. The highest BCUT2D eigenvalue weighted by atomic mass is 79.9. The molecule has 0 heterocycles. The van der Waals surface area contributed by atoms with E-state index in [0.29, 0.717) is 6.54 Å². The molecular weight excluding hydrogens is 296 g/mol. The van der Waals surface area contributed by atoms with Crippen molar-refractivity contribution in [3.05, 3.63) is 34.3 Å². The Balaban J connectivity index is 2.44. The normalized spacial score (nSPS) is 12.9. The number of carbonyl (C=O) groups excluding carboxylic acids is 1. The standard InChI is InChI=1S/C13H19BrN2O2/c1-13(2,3)18-12(17)16-8-11(15)9-4-6-10(14)7-5-9/h4-7,11H,8,15H2,1-3H3,(H,16,17)/t11-/m1/s1. The topological polar surface area (TPSA) is 64.3 Å². The Bertz CT molecular complexity index is 398. The molecule has 1 rings (SSSR count). The van der Waals surface area contributed by atoms with Crippen molar-refractivity contribution in [1.29, 1.82) is 0 Å². The maximum atomic E-state index is 11.5. The molecule has 3 N–H and O–H groups in total. The molecule has 0 spiro atoms. The summed E-state index contributed by atoms with van der Waals surface area (Å²) in [6.45, 7) is 5.81. The summed E-state index contributed by atoms with van der Waals surface area (Å²) in [7, 11) is 0. The van der Waals surface area contributed by atoms with Crippen LogP contribution in [0.3, 0.4) is 0 Å². The van der Waals surface area contributed by atoms with Crippen molar-refractivity contribution in [2.75, 3.05) is 6.54 Å². The lowest BCUT2D eigenvalue weighted by Crippen LogP contribution is -2.36. The summed E-state index contributed by atoms with van der Waals surface area (Å²) in [6.07, 6.45) is -0.449. The first-order chi connectivity index (χ1) is 8.28. The highest BCUT2D eigenvalue weighted by Gasteiger charge is 2.16. The zero-order chi connectivity index (χ0) is 13.8. The molecule has 0 radical (unpaired) electrons. The molecule has 0 unspecified atom stereocenters. The maximum Gasteiger partial charge on any atom is 0.407 e. The lowest BCUT2D eigenvalue weighted by atomic mass is 10.1. The Hall–Kier alpha value is -1.07. The molecule has 100 valence electrons. The fraction of sp³-hybridized carbons (Fsp3) is 0.462. The van der Waals surface area contributed by atoms with Gasteiger partial charge in [-0.2, -0.15) is 0 Å². The molecule has 1 amide bonds. The van der Waals surface area contributed by atoms with Crippen molar-refractivity contribution in [2.45, 2.75) is 32.4 Å². The molecule has 0 saturated heterocycles. The van der Waals surface area contributed by atoms with Crippen LogP contribution in [0.5, 0.6) is 0 Å². The highest BCUT2D eigenvalue weighted by molar-refractivity contribution is 9.10. The van der Waals surface area contributed by atoms with Crippen LogP contribution in [0.1, 0.15) is 32.4 Å². The van der Waals surface area contributed by atoms with E-state index in [4.69, 9.17) is 10.5 Å². The monoisotopic (exact) mass is 314 g/mol. The van der Waals surface area contributed by atoms with Crippen molar-refractivity contribution < 1.29 is 9.53 Å². The summed E-state index contributed by atoms with van der Waals surface area (Å²) >= 11 is 3.36. The molecule has 0 saturated carbocycles. The van der Waals surface area contributed by atoms with Gasteiger partial charge in [0.1, 0.15) is 5.60 Å². The van der Waals surface area contributed by atoms with Crippen LogP contribution in [0, 0.1) is 0 Å². The van der Waals surface area contributed by atoms with Crippen molar-refractivity contribution in [2.24, 2.45) is 5.73 Å². The number of hydrogen-bond acceptors (Lipinski definition) is 3. The predicted octanol–water partition coefficient (Wildman–Crippen LogP) is 2.97. The number of ether oxygens (including phenoxy) is 1. The lowest BCUT2D eigenvalue weighted by Gasteiger charge is -2.20. The number of hydrogen-bond donors (Lipinski definition) is 2. The van der Waals surface area contributed by atoms with Gasteiger partial charge in [-0.15, -0.1) is 0 Å². The van der Waals surface area contributed by atoms with Gasteiger partial charge in [-0.1, -0.05) is 28.1 Å². The van der Waals surface area contributed by atoms with Gasteiger partial charge in [-0.05, 0) is 38.5 Å². The minimum atomic E-state index is -0.494. The van der Waals surface area contributed by atoms with Crippen LogP contribution in [0.15, 0.2) is 28.7 Å². The quantitative estimate of drug-likeness (QED) is 0.901. The van der Waals surface area contributed by atoms with E-state index >= 15 is 0 Å². The number of nitrogens with two attached hydrogens (primary N) is 1. The van der Waals surface area contributed by atoms with Gasteiger partial charge in [-0.25, -0.2) is 4.79 Å². The number of nitrogens with one attached hydrogen (secondary N) is 1. The second-order valence-electron chi connectivity index (χ2n) is 5.04. The molecule has 0 bridgehead atoms. The Morgan fingerprint density at radius 2 is 1.94 bits per heavy atom. The van der Waals surface area contributed by atoms with Gasteiger partial charge in [-0.3, -0.25) is 0 Å². The van der Waals surface area contributed by atoms with Gasteiger partial charge in [0.05, 0.1) is 0 Å². The Morgan fingerprint density at radius 1 is 1.39 bits per heavy atom. The zero-order valence-electron chi connectivity index (χ0n) is 10.9. The number of alkyl carbamates (subject to hydrolysis) is 1. The van der Waals surface area contributed by atoms with Crippen LogP contribution in [-0.2, 0) is 4.74 Å². The molecule has 0 fully saturated rings. The minimum Gasteiger partial charge on any atom is -0.444 e. The van der Waals surface area contributed by atoms with Crippen LogP contribution < -0.4 is 11.1 Å². The number of benzene rings is 1. The van der Waals surface area contributed by atoms with Crippen molar-refractivity contribution in [3.63, 3.8) is 0 Å². The summed E-state index contributed by atoms with van der Waals surface area (Å²) in [5, 5.41) is 2.65. The Morgan fingerprint density at radius 3 is 2.44 bits per heavy atom. The molecule has 4 nitrogen and oxygen atoms in total. The minimum absolute atomic E-state index is 0.245. The second-order valence-corrected chi connectivity index (χ2v) is 5.96. The van der Waals surface area contributed by atoms with Crippen LogP contribution in [0.2, 0.25) is 0 Å². The Kier molecular flexibility index (Phi) is 5.16. The third-order valence-corrected chi connectivity index (χ3v) is 2.69. The zero-order valence-corrected chi connectivity index (χ0v) is 12.5. The van der Waals surface area contributed by atoms with E-state index in [1.165, 1.54) is 0 Å². The third kappa shape index (κ3) is 5.51. The van der Waals surface area contributed by atoms with Crippen molar-refractivity contribution >= 4 is 22.0 Å². The molecule has 0 aromatic heterocycles. The number of carbonyl (C=O) groups is 1. The molecular formula is C13H19BrN2O2. The summed E-state index contributed by atoms with van der Waals surface area (Å²) in [6, 6.07) is 7.44. The van der Waals surface area contributed by atoms with Gasteiger partial charge >= 0.3 is 6.09 Å². The summed E-state index contributed by atoms with van der Waals surface area (Å²) in [5.74, 6) is 0. The smallest absolute Gasteiger partial charge is 0.407 e. The number of halogens is 1. The molecule has 1 aromatic rings. The number of amides is 1. The van der Waals surface area contributed by atoms with E-state index in [1.54, 1.807) is 0 Å². The van der Waals surface area contributed by atoms with E-state index in [9.17, 15) is 4.79 Å². The number of rotatable bonds is 3. The van der Waals surface area contributed by atoms with E-state index in [-0.39, 0.29) is 6.04 Å². The third-order valence-electron chi connectivity index (χ3n) is 2.16. The SMILES string of the molecule is CC(C)(C)OC(=O)NC[C@@H](N)c1ccc(Br)cc1. The van der Waals surface area contributed by atoms with Gasteiger partial charge < -0.3 is 15.8 Å². The summed E-state index contributed by atoms with van der Waals surface area (Å²) < 4.78 is 6.13. The van der Waals surface area contributed by atoms with E-state index < -0.39 is 11.7 Å². The van der Waals surface area contributed by atoms with Gasteiger partial charge in [0.25, 0.3) is 0 Å². The van der Waals surface area contributed by atoms with E-state index in [1.807, 2.05) is 45.0 Å². The van der Waals surface area contributed by atoms with E-state index in [2.05, 4.69) is 21.2 Å². The highest BCUT2D eigenvalue weighted by Crippen LogP contribution is 2.15. The molecule has 0 aliphatic heterocycles. The van der Waals surface area contributed by atoms with Crippen LogP contribution in [0.4, 0.5) is 4.79 Å². The second kappa shape index (κ2) is 6.20. The molecule has 0 aliphatic carbocycles. The first kappa shape index (κ1) is 15.0. The Labute approximate surface area is 116 Å². The van der Waals surface area contributed by atoms with Gasteiger partial charge in [0, 0.05) is 17.1 Å². The van der Waals surface area contributed by atoms with Crippen LogP contribution in [0.25, 0.3) is 0 Å². The summed E-state index contributed by atoms with van der Waals surface area (Å²) in [4.78, 5) is 11.5. The fourth-order valence-corrected chi connectivity index (χ4v) is 1.60. The van der Waals surface area contributed by atoms with Crippen LogP contribution >= 0.6 is 15.9 Å². The molecule has 5 heteroatoms. The molecule has 1 atom stereocenters. The van der Waals surface area contributed by atoms with Gasteiger partial charge in [0.2, 0.25) is 0 Å². The fourth-order valence-electron chi connectivity index (χ4n) is 1.34. The first-order valence-electron chi connectivity index (χ1n) is 5.76. The van der Waals surface area contributed by atoms with Crippen molar-refractivity contribution in [3.8, 4) is 0 Å². The predicted molar refractivity (Wildman–Crippen MR) is 75.3 cm³/mol. The average Bonchev–Trinajstić information content (AvgIpc) is 2.24. The average molecular weight is 315 g/mol. The van der Waals surface area contributed by atoms with Crippen molar-refractivity contribution in [1.82, 2.24) is 5.32 Å². The molecule has 0 aliphatic rings. The van der Waals surface area contributed by atoms with E-state index in [0.717, 1.165) is 10.0 Å². The van der Waals surface area contributed by atoms with Crippen LogP contribution in [-0.4, -0.2) is 18.2 Å². The van der Waals surface area contributed by atoms with Gasteiger partial charge in [0.15, 0.2) is 0 Å². The summed E-state index contributed by atoms with van der Waals surface area (Å²) in [5.41, 5.74) is 6.44. The maximum absolute atomic E-state index is 11.5. The molecule has 1 aromatic carbocycles. The lowest BCUT2D eigenvalue weighted by molar-refractivity contribution is 0.0524. The largest absolute Gasteiger partial charge is 0.444 e. The first-order valence-corrected chi connectivity index (χ1v) is 6.55.